The maximum atomic E-state index is 12.6. The van der Waals surface area contributed by atoms with Crippen LogP contribution in [0.1, 0.15) is 40.9 Å². The fourth-order valence-corrected chi connectivity index (χ4v) is 4.72. The summed E-state index contributed by atoms with van der Waals surface area (Å²) in [6.45, 7) is 1.67. The summed E-state index contributed by atoms with van der Waals surface area (Å²) in [5, 5.41) is 5.43. The molecule has 0 radical (unpaired) electrons. The van der Waals surface area contributed by atoms with E-state index in [-0.39, 0.29) is 10.7 Å². The summed E-state index contributed by atoms with van der Waals surface area (Å²) in [6, 6.07) is 7.69. The number of ether oxygens (including phenoxy) is 4. The predicted molar refractivity (Wildman–Crippen MR) is 122 cm³/mol. The average molecular weight is 470 g/mol. The summed E-state index contributed by atoms with van der Waals surface area (Å²) < 4.78 is 23.7. The van der Waals surface area contributed by atoms with E-state index in [0.29, 0.717) is 31.7 Å². The molecule has 0 bridgehead atoms. The van der Waals surface area contributed by atoms with Crippen molar-refractivity contribution >= 4 is 34.0 Å². The van der Waals surface area contributed by atoms with Crippen LogP contribution in [0.15, 0.2) is 36.5 Å². The maximum absolute atomic E-state index is 12.6. The predicted octanol–water partition coefficient (Wildman–Crippen LogP) is 4.24. The van der Waals surface area contributed by atoms with Gasteiger partial charge >= 0.3 is 5.97 Å². The molecule has 0 amide bonds. The summed E-state index contributed by atoms with van der Waals surface area (Å²) in [4.78, 5) is 17.2. The van der Waals surface area contributed by atoms with Crippen molar-refractivity contribution in [2.24, 2.45) is 0 Å². The fraction of sp³-hybridized carbons (Fsp3) is 0.375. The Morgan fingerprint density at radius 1 is 1.21 bits per heavy atom. The number of halogens is 1. The van der Waals surface area contributed by atoms with Gasteiger partial charge in [-0.1, -0.05) is 29.8 Å². The highest BCUT2D eigenvalue weighted by Gasteiger charge is 2.38. The van der Waals surface area contributed by atoms with Gasteiger partial charge in [0.15, 0.2) is 5.79 Å². The Hall–Kier alpha value is -2.94. The number of rotatable bonds is 5. The number of fused-ring (bicyclic) bond motifs is 1. The third-order valence-corrected chi connectivity index (χ3v) is 6.45. The summed E-state index contributed by atoms with van der Waals surface area (Å²) in [5.41, 5.74) is 3.56. The van der Waals surface area contributed by atoms with Crippen LogP contribution >= 0.6 is 11.6 Å². The van der Waals surface area contributed by atoms with E-state index in [0.717, 1.165) is 40.8 Å². The van der Waals surface area contributed by atoms with E-state index in [9.17, 15) is 4.79 Å². The number of carbonyl (C=O) groups excluding carboxylic acids is 1. The van der Waals surface area contributed by atoms with Gasteiger partial charge in [-0.25, -0.2) is 9.78 Å². The maximum Gasteiger partial charge on any atom is 0.343 e. The van der Waals surface area contributed by atoms with Crippen LogP contribution in [0.3, 0.4) is 0 Å². The second-order valence-electron chi connectivity index (χ2n) is 8.07. The molecule has 2 aromatic heterocycles. The van der Waals surface area contributed by atoms with Crippen molar-refractivity contribution < 1.29 is 23.7 Å². The highest BCUT2D eigenvalue weighted by molar-refractivity contribution is 6.34. The van der Waals surface area contributed by atoms with Gasteiger partial charge in [0.2, 0.25) is 0 Å². The molecule has 3 heterocycles. The topological polar surface area (TPSA) is 84.7 Å². The van der Waals surface area contributed by atoms with Gasteiger partial charge < -0.3 is 18.9 Å². The Bertz CT molecular complexity index is 1230. The van der Waals surface area contributed by atoms with Crippen LogP contribution in [0.5, 0.6) is 5.75 Å². The van der Waals surface area contributed by atoms with Crippen molar-refractivity contribution in [1.82, 2.24) is 14.8 Å². The summed E-state index contributed by atoms with van der Waals surface area (Å²) in [7, 11) is 2.95. The number of aromatic nitrogens is 3. The number of carbonyl (C=O) groups is 1. The Morgan fingerprint density at radius 2 is 1.97 bits per heavy atom. The lowest BCUT2D eigenvalue weighted by Crippen LogP contribution is -2.31. The van der Waals surface area contributed by atoms with Crippen molar-refractivity contribution in [3.8, 4) is 5.75 Å². The first-order valence-electron chi connectivity index (χ1n) is 10.8. The zero-order valence-corrected chi connectivity index (χ0v) is 19.2. The number of nitrogens with zero attached hydrogens (tertiary/aromatic N) is 3. The molecule has 3 aromatic rings. The Morgan fingerprint density at radius 3 is 2.61 bits per heavy atom. The molecule has 0 unspecified atom stereocenters. The lowest BCUT2D eigenvalue weighted by Gasteiger charge is -2.30. The minimum atomic E-state index is -0.551. The second-order valence-corrected chi connectivity index (χ2v) is 8.43. The highest BCUT2D eigenvalue weighted by Crippen LogP contribution is 2.40. The van der Waals surface area contributed by atoms with E-state index in [1.54, 1.807) is 18.0 Å². The standard InChI is InChI=1S/C24H24ClN3O5/c1-30-17-5-3-15(4-6-17)14-28-21-18(13-26-28)20(27-22(25)19(21)23(29)31-2)16-7-9-24(10-8-16)32-11-12-33-24/h3-7,13H,8-12,14H2,1-2H3. The zero-order chi connectivity index (χ0) is 23.0. The first kappa shape index (κ1) is 21.9. The number of esters is 1. The molecule has 8 nitrogen and oxygen atoms in total. The van der Waals surface area contributed by atoms with Crippen LogP contribution in [-0.4, -0.2) is 54.0 Å². The van der Waals surface area contributed by atoms with Gasteiger partial charge in [0.1, 0.15) is 16.5 Å². The van der Waals surface area contributed by atoms with Gasteiger partial charge in [-0.05, 0) is 29.7 Å². The van der Waals surface area contributed by atoms with Crippen LogP contribution < -0.4 is 4.74 Å². The van der Waals surface area contributed by atoms with E-state index < -0.39 is 11.8 Å². The van der Waals surface area contributed by atoms with E-state index >= 15 is 0 Å². The molecule has 1 aromatic carbocycles. The van der Waals surface area contributed by atoms with Gasteiger partial charge in [0.25, 0.3) is 0 Å². The third-order valence-electron chi connectivity index (χ3n) is 6.18. The van der Waals surface area contributed by atoms with Crippen LogP contribution in [0.4, 0.5) is 0 Å². The number of hydrogen-bond acceptors (Lipinski definition) is 7. The van der Waals surface area contributed by atoms with Crippen LogP contribution in [0.2, 0.25) is 5.15 Å². The SMILES string of the molecule is COC(=O)c1c(Cl)nc(C2=CCC3(CC2)OCCO3)c2cnn(Cc3ccc(OC)cc3)c12. The monoisotopic (exact) mass is 469 g/mol. The molecule has 1 fully saturated rings. The number of benzene rings is 1. The molecule has 33 heavy (non-hydrogen) atoms. The van der Waals surface area contributed by atoms with Crippen molar-refractivity contribution in [3.63, 3.8) is 0 Å². The number of allylic oxidation sites excluding steroid dienone is 1. The summed E-state index contributed by atoms with van der Waals surface area (Å²) in [5.74, 6) is -0.312. The lowest BCUT2D eigenvalue weighted by molar-refractivity contribution is -0.159. The highest BCUT2D eigenvalue weighted by atomic mass is 35.5. The lowest BCUT2D eigenvalue weighted by atomic mass is 9.91. The third kappa shape index (κ3) is 3.99. The minimum Gasteiger partial charge on any atom is -0.497 e. The van der Waals surface area contributed by atoms with Crippen molar-refractivity contribution in [3.05, 3.63) is 58.5 Å². The fourth-order valence-electron chi connectivity index (χ4n) is 4.47. The van der Waals surface area contributed by atoms with Gasteiger partial charge in [-0.2, -0.15) is 5.10 Å². The number of methoxy groups -OCH3 is 2. The van der Waals surface area contributed by atoms with Gasteiger partial charge in [0.05, 0.1) is 51.4 Å². The largest absolute Gasteiger partial charge is 0.497 e. The quantitative estimate of drug-likeness (QED) is 0.408. The van der Waals surface area contributed by atoms with Crippen LogP contribution in [0.25, 0.3) is 16.5 Å². The smallest absolute Gasteiger partial charge is 0.343 e. The Kier molecular flexibility index (Phi) is 5.82. The average Bonchev–Trinajstić information content (AvgIpc) is 3.47. The van der Waals surface area contributed by atoms with E-state index in [1.165, 1.54) is 7.11 Å². The van der Waals surface area contributed by atoms with E-state index in [2.05, 4.69) is 16.2 Å². The first-order valence-corrected chi connectivity index (χ1v) is 11.1. The van der Waals surface area contributed by atoms with Crippen LogP contribution in [0, 0.1) is 0 Å². The van der Waals surface area contributed by atoms with Gasteiger partial charge in [-0.15, -0.1) is 0 Å². The number of hydrogen-bond donors (Lipinski definition) is 0. The molecular weight excluding hydrogens is 446 g/mol. The molecule has 1 aliphatic carbocycles. The van der Waals surface area contributed by atoms with Gasteiger partial charge in [-0.3, -0.25) is 4.68 Å². The second kappa shape index (κ2) is 8.78. The van der Waals surface area contributed by atoms with Crippen molar-refractivity contribution in [1.29, 1.82) is 0 Å². The zero-order valence-electron chi connectivity index (χ0n) is 18.5. The molecule has 2 aliphatic rings. The number of pyridine rings is 1. The molecule has 0 saturated carbocycles. The van der Waals surface area contributed by atoms with E-state index in [4.69, 9.17) is 30.5 Å². The molecule has 1 aliphatic heterocycles. The van der Waals surface area contributed by atoms with E-state index in [1.807, 2.05) is 24.3 Å². The van der Waals surface area contributed by atoms with Crippen LogP contribution in [-0.2, 0) is 20.8 Å². The van der Waals surface area contributed by atoms with Crippen molar-refractivity contribution in [2.75, 3.05) is 27.4 Å². The first-order chi connectivity index (χ1) is 16.0. The molecular formula is C24H24ClN3O5. The Balaban J connectivity index is 1.59. The Labute approximate surface area is 196 Å². The molecule has 5 rings (SSSR count). The molecule has 9 heteroatoms. The minimum absolute atomic E-state index is 0.0929. The van der Waals surface area contributed by atoms with Crippen molar-refractivity contribution in [2.45, 2.75) is 31.6 Å². The molecule has 1 spiro atoms. The van der Waals surface area contributed by atoms with Gasteiger partial charge in [0, 0.05) is 18.2 Å². The normalized spacial score (nSPS) is 17.4. The summed E-state index contributed by atoms with van der Waals surface area (Å²) >= 11 is 6.55. The molecule has 1 saturated heterocycles. The molecule has 172 valence electrons. The summed E-state index contributed by atoms with van der Waals surface area (Å²) in [6.07, 6.45) is 5.92. The molecule has 0 atom stereocenters. The molecule has 0 N–H and O–H groups in total.